The van der Waals surface area contributed by atoms with Crippen LogP contribution in [0.15, 0.2) is 121 Å². The predicted octanol–water partition coefficient (Wildman–Crippen LogP) is 7.66. The van der Waals surface area contributed by atoms with E-state index in [1.54, 1.807) is 0 Å². The van der Waals surface area contributed by atoms with E-state index in [1.165, 1.54) is 11.3 Å². The van der Waals surface area contributed by atoms with Crippen molar-refractivity contribution in [1.29, 1.82) is 0 Å². The fraction of sp³-hybridized carbons (Fsp3) is 0.0606. The van der Waals surface area contributed by atoms with Gasteiger partial charge in [-0.1, -0.05) is 78.9 Å². The molecule has 5 heteroatoms. The number of rotatable bonds is 3. The molecule has 0 bridgehead atoms. The molecule has 3 aromatic carbocycles. The lowest BCUT2D eigenvalue weighted by Gasteiger charge is -2.24. The van der Waals surface area contributed by atoms with Crippen molar-refractivity contribution in [3.8, 4) is 5.69 Å². The molecular weight excluding hydrogens is 466 g/mol. The van der Waals surface area contributed by atoms with Gasteiger partial charge in [-0.2, -0.15) is 0 Å². The van der Waals surface area contributed by atoms with Gasteiger partial charge in [-0.25, -0.2) is 9.97 Å². The summed E-state index contributed by atoms with van der Waals surface area (Å²) >= 11 is 0. The monoisotopic (exact) mass is 489 g/mol. The van der Waals surface area contributed by atoms with E-state index >= 15 is 0 Å². The molecule has 0 saturated heterocycles. The number of pyridine rings is 1. The highest BCUT2D eigenvalue weighted by Gasteiger charge is 2.26. The largest absolute Gasteiger partial charge is 0.294 e. The second-order valence-corrected chi connectivity index (χ2v) is 9.68. The standard InChI is InChI=1S/C33H23N5/c1-3-12-22(13-4-1)24-16-7-9-18-26(24)38-28-20-11-21-34-30(28)31-33(38)35-29-25-17-8-10-19-27(25)37(32(29)36-31)23-14-5-2-6-15-23/h1-15,17-21,24H,16H2. The van der Waals surface area contributed by atoms with Gasteiger partial charge < -0.3 is 0 Å². The van der Waals surface area contributed by atoms with E-state index in [2.05, 4.69) is 112 Å². The first-order valence-corrected chi connectivity index (χ1v) is 12.9. The smallest absolute Gasteiger partial charge is 0.166 e. The Labute approximate surface area is 219 Å². The zero-order valence-electron chi connectivity index (χ0n) is 20.6. The number of fused-ring (bicyclic) bond motifs is 6. The van der Waals surface area contributed by atoms with Gasteiger partial charge in [0, 0.05) is 28.9 Å². The summed E-state index contributed by atoms with van der Waals surface area (Å²) in [6.45, 7) is 0. The van der Waals surface area contributed by atoms with Gasteiger partial charge in [0.1, 0.15) is 16.6 Å². The van der Waals surface area contributed by atoms with Crippen LogP contribution in [0.2, 0.25) is 0 Å². The highest BCUT2D eigenvalue weighted by molar-refractivity contribution is 6.12. The predicted molar refractivity (Wildman–Crippen MR) is 154 cm³/mol. The summed E-state index contributed by atoms with van der Waals surface area (Å²) in [6, 6.07) is 33.6. The molecule has 7 aromatic rings. The van der Waals surface area contributed by atoms with Crippen LogP contribution in [0.25, 0.3) is 55.6 Å². The van der Waals surface area contributed by atoms with E-state index in [0.29, 0.717) is 0 Å². The van der Waals surface area contributed by atoms with Crippen LogP contribution in [-0.2, 0) is 0 Å². The Balaban J connectivity index is 1.49. The van der Waals surface area contributed by atoms with Crippen LogP contribution < -0.4 is 0 Å². The molecule has 4 heterocycles. The SMILES string of the molecule is C1=CCC(c2ccccc2)C(n2c3cccnc3c3nc4c(nc32)c2ccccc2n4-c2ccccc2)=C1. The maximum atomic E-state index is 5.37. The van der Waals surface area contributed by atoms with Crippen LogP contribution in [0.4, 0.5) is 0 Å². The highest BCUT2D eigenvalue weighted by atomic mass is 15.1. The normalized spacial score (nSPS) is 15.6. The van der Waals surface area contributed by atoms with Gasteiger partial charge in [-0.15, -0.1) is 0 Å². The molecule has 4 aromatic heterocycles. The summed E-state index contributed by atoms with van der Waals surface area (Å²) in [5.74, 6) is 0.211. The highest BCUT2D eigenvalue weighted by Crippen LogP contribution is 2.40. The lowest BCUT2D eigenvalue weighted by molar-refractivity contribution is 0.828. The maximum Gasteiger partial charge on any atom is 0.166 e. The van der Waals surface area contributed by atoms with E-state index in [1.807, 2.05) is 18.3 Å². The molecule has 0 spiro atoms. The number of hydrogen-bond donors (Lipinski definition) is 0. The minimum absolute atomic E-state index is 0.211. The zero-order valence-corrected chi connectivity index (χ0v) is 20.6. The average molecular weight is 490 g/mol. The van der Waals surface area contributed by atoms with Crippen molar-refractivity contribution in [3.05, 3.63) is 127 Å². The Morgan fingerprint density at radius 2 is 1.34 bits per heavy atom. The Morgan fingerprint density at radius 1 is 0.632 bits per heavy atom. The molecule has 180 valence electrons. The summed E-state index contributed by atoms with van der Waals surface area (Å²) in [5.41, 5.74) is 9.90. The fourth-order valence-electron chi connectivity index (χ4n) is 5.87. The molecule has 1 atom stereocenters. The first-order chi connectivity index (χ1) is 18.9. The van der Waals surface area contributed by atoms with Gasteiger partial charge in [-0.3, -0.25) is 14.1 Å². The van der Waals surface area contributed by atoms with Crippen LogP contribution in [0.1, 0.15) is 17.9 Å². The van der Waals surface area contributed by atoms with E-state index in [-0.39, 0.29) is 5.92 Å². The van der Waals surface area contributed by atoms with E-state index in [0.717, 1.165) is 56.4 Å². The van der Waals surface area contributed by atoms with Crippen LogP contribution in [0.3, 0.4) is 0 Å². The molecule has 0 radical (unpaired) electrons. The first-order valence-electron chi connectivity index (χ1n) is 12.9. The molecule has 0 fully saturated rings. The van der Waals surface area contributed by atoms with Crippen LogP contribution in [0.5, 0.6) is 0 Å². The number of aromatic nitrogens is 5. The van der Waals surface area contributed by atoms with Crippen LogP contribution >= 0.6 is 0 Å². The topological polar surface area (TPSA) is 48.5 Å². The Hall–Kier alpha value is -5.03. The third-order valence-corrected chi connectivity index (χ3v) is 7.54. The van der Waals surface area contributed by atoms with Gasteiger partial charge in [0.2, 0.25) is 0 Å². The molecule has 8 rings (SSSR count). The summed E-state index contributed by atoms with van der Waals surface area (Å²) in [5, 5.41) is 1.09. The second-order valence-electron chi connectivity index (χ2n) is 9.68. The minimum atomic E-state index is 0.211. The Kier molecular flexibility index (Phi) is 4.58. The van der Waals surface area contributed by atoms with Crippen molar-refractivity contribution in [2.24, 2.45) is 0 Å². The summed E-state index contributed by atoms with van der Waals surface area (Å²) in [6.07, 6.45) is 9.38. The van der Waals surface area contributed by atoms with Gasteiger partial charge in [0.15, 0.2) is 11.3 Å². The maximum absolute atomic E-state index is 5.37. The van der Waals surface area contributed by atoms with Crippen LogP contribution in [0, 0.1) is 0 Å². The van der Waals surface area contributed by atoms with E-state index < -0.39 is 0 Å². The van der Waals surface area contributed by atoms with Gasteiger partial charge in [0.05, 0.1) is 11.0 Å². The third-order valence-electron chi connectivity index (χ3n) is 7.54. The van der Waals surface area contributed by atoms with Crippen molar-refractivity contribution in [3.63, 3.8) is 0 Å². The van der Waals surface area contributed by atoms with Gasteiger partial charge in [-0.05, 0) is 48.4 Å². The fourth-order valence-corrected chi connectivity index (χ4v) is 5.87. The number of benzene rings is 3. The summed E-state index contributed by atoms with van der Waals surface area (Å²) < 4.78 is 4.48. The first kappa shape index (κ1) is 21.1. The number of allylic oxidation sites excluding steroid dienone is 4. The molecule has 0 amide bonds. The second kappa shape index (κ2) is 8.25. The van der Waals surface area contributed by atoms with Crippen molar-refractivity contribution >= 4 is 50.0 Å². The quantitative estimate of drug-likeness (QED) is 0.256. The van der Waals surface area contributed by atoms with Crippen molar-refractivity contribution in [2.75, 3.05) is 0 Å². The lowest BCUT2D eigenvalue weighted by atomic mass is 9.89. The molecule has 0 N–H and O–H groups in total. The van der Waals surface area contributed by atoms with Gasteiger partial charge in [0.25, 0.3) is 0 Å². The number of para-hydroxylation sites is 2. The summed E-state index contributed by atoms with van der Waals surface area (Å²) in [4.78, 5) is 15.5. The molecule has 1 aliphatic carbocycles. The molecule has 0 saturated carbocycles. The lowest BCUT2D eigenvalue weighted by Crippen LogP contribution is -2.10. The molecule has 1 aliphatic rings. The molecule has 0 aliphatic heterocycles. The molecule has 1 unspecified atom stereocenters. The van der Waals surface area contributed by atoms with E-state index in [4.69, 9.17) is 15.0 Å². The molecule has 38 heavy (non-hydrogen) atoms. The third kappa shape index (κ3) is 3.02. The van der Waals surface area contributed by atoms with Crippen molar-refractivity contribution in [2.45, 2.75) is 12.3 Å². The Bertz CT molecular complexity index is 2050. The summed E-state index contributed by atoms with van der Waals surface area (Å²) in [7, 11) is 0. The minimum Gasteiger partial charge on any atom is -0.294 e. The zero-order chi connectivity index (χ0) is 25.1. The van der Waals surface area contributed by atoms with Crippen LogP contribution in [-0.4, -0.2) is 24.1 Å². The van der Waals surface area contributed by atoms with Crippen molar-refractivity contribution < 1.29 is 0 Å². The van der Waals surface area contributed by atoms with E-state index in [9.17, 15) is 0 Å². The number of hydrogen-bond acceptors (Lipinski definition) is 3. The Morgan fingerprint density at radius 3 is 2.21 bits per heavy atom. The average Bonchev–Trinajstić information content (AvgIpc) is 3.49. The number of nitrogens with zero attached hydrogens (tertiary/aromatic N) is 5. The molecule has 5 nitrogen and oxygen atoms in total. The molecular formula is C33H23N5. The van der Waals surface area contributed by atoms with Crippen molar-refractivity contribution in [1.82, 2.24) is 24.1 Å². The van der Waals surface area contributed by atoms with Gasteiger partial charge >= 0.3 is 0 Å².